The molecule has 1 amide bonds. The second-order valence-electron chi connectivity index (χ2n) is 6.17. The van der Waals surface area contributed by atoms with Gasteiger partial charge in [-0.05, 0) is 18.4 Å². The summed E-state index contributed by atoms with van der Waals surface area (Å²) in [4.78, 5) is 18.1. The summed E-state index contributed by atoms with van der Waals surface area (Å²) in [5.41, 5.74) is 1.32. The van der Waals surface area contributed by atoms with Crippen LogP contribution in [0.2, 0.25) is 0 Å². The van der Waals surface area contributed by atoms with Gasteiger partial charge in [-0.1, -0.05) is 30.3 Å². The van der Waals surface area contributed by atoms with Crippen LogP contribution in [0.5, 0.6) is 0 Å². The molecular formula is C19H19N5O2. The summed E-state index contributed by atoms with van der Waals surface area (Å²) in [5, 5.41) is 18.0. The summed E-state index contributed by atoms with van der Waals surface area (Å²) in [7, 11) is 0. The minimum Gasteiger partial charge on any atom is -0.373 e. The van der Waals surface area contributed by atoms with Crippen molar-refractivity contribution < 1.29 is 9.53 Å². The number of hydrogen-bond acceptors (Lipinski definition) is 5. The van der Waals surface area contributed by atoms with E-state index in [1.54, 1.807) is 4.90 Å². The molecule has 2 heterocycles. The molecule has 26 heavy (non-hydrogen) atoms. The van der Waals surface area contributed by atoms with Crippen molar-refractivity contribution in [3.05, 3.63) is 53.6 Å². The lowest BCUT2D eigenvalue weighted by atomic mass is 10.1. The van der Waals surface area contributed by atoms with Gasteiger partial charge in [0.15, 0.2) is 11.4 Å². The predicted molar refractivity (Wildman–Crippen MR) is 92.5 cm³/mol. The second-order valence-corrected chi connectivity index (χ2v) is 6.17. The zero-order chi connectivity index (χ0) is 18.4. The van der Waals surface area contributed by atoms with Gasteiger partial charge in [-0.3, -0.25) is 4.79 Å². The van der Waals surface area contributed by atoms with Crippen molar-refractivity contribution in [2.24, 2.45) is 0 Å². The van der Waals surface area contributed by atoms with Gasteiger partial charge >= 0.3 is 0 Å². The summed E-state index contributed by atoms with van der Waals surface area (Å²) in [6.07, 6.45) is 3.09. The van der Waals surface area contributed by atoms with Crippen molar-refractivity contribution in [2.75, 3.05) is 13.1 Å². The van der Waals surface area contributed by atoms with E-state index in [0.717, 1.165) is 18.4 Å². The molecular weight excluding hydrogens is 330 g/mol. The maximum Gasteiger partial charge on any atom is 0.242 e. The van der Waals surface area contributed by atoms with E-state index in [1.807, 2.05) is 42.5 Å². The molecule has 1 aliphatic rings. The largest absolute Gasteiger partial charge is 0.373 e. The summed E-state index contributed by atoms with van der Waals surface area (Å²) < 4.78 is 7.37. The Balaban J connectivity index is 1.49. The molecule has 0 aliphatic carbocycles. The van der Waals surface area contributed by atoms with Crippen LogP contribution in [0.1, 0.15) is 29.8 Å². The zero-order valence-corrected chi connectivity index (χ0v) is 14.3. The Bertz CT molecular complexity index is 839. The maximum absolute atomic E-state index is 12.5. The Hall–Kier alpha value is -3.16. The van der Waals surface area contributed by atoms with Crippen LogP contribution >= 0.6 is 0 Å². The fraction of sp³-hybridized carbons (Fsp3) is 0.368. The van der Waals surface area contributed by atoms with Crippen LogP contribution in [0.15, 0.2) is 36.7 Å². The number of amides is 1. The highest BCUT2D eigenvalue weighted by atomic mass is 16.5. The number of carbonyl (C=O) groups excluding carboxylic acids is 1. The predicted octanol–water partition coefficient (Wildman–Crippen LogP) is 1.83. The normalized spacial score (nSPS) is 14.6. The molecule has 0 atom stereocenters. The molecule has 1 saturated heterocycles. The first kappa shape index (κ1) is 17.7. The highest BCUT2D eigenvalue weighted by Crippen LogP contribution is 2.16. The Morgan fingerprint density at radius 3 is 2.58 bits per heavy atom. The lowest BCUT2D eigenvalue weighted by Gasteiger charge is -2.32. The number of aromatic nitrogens is 2. The van der Waals surface area contributed by atoms with E-state index in [2.05, 4.69) is 4.98 Å². The topological polar surface area (TPSA) is 94.9 Å². The van der Waals surface area contributed by atoms with Gasteiger partial charge in [-0.2, -0.15) is 10.5 Å². The van der Waals surface area contributed by atoms with E-state index in [0.29, 0.717) is 19.7 Å². The lowest BCUT2D eigenvalue weighted by Crippen LogP contribution is -2.42. The molecule has 1 aromatic carbocycles. The number of likely N-dealkylation sites (tertiary alicyclic amines) is 1. The van der Waals surface area contributed by atoms with Gasteiger partial charge in [0.2, 0.25) is 5.91 Å². The van der Waals surface area contributed by atoms with Crippen LogP contribution in [0.4, 0.5) is 0 Å². The molecule has 0 N–H and O–H groups in total. The highest BCUT2D eigenvalue weighted by molar-refractivity contribution is 5.76. The molecule has 1 fully saturated rings. The number of imidazole rings is 1. The first-order chi connectivity index (χ1) is 12.7. The van der Waals surface area contributed by atoms with Crippen LogP contribution in [-0.4, -0.2) is 39.6 Å². The number of hydrogen-bond donors (Lipinski definition) is 0. The van der Waals surface area contributed by atoms with Crippen molar-refractivity contribution in [3.63, 3.8) is 0 Å². The molecule has 0 radical (unpaired) electrons. The minimum atomic E-state index is -0.0788. The van der Waals surface area contributed by atoms with E-state index < -0.39 is 0 Å². The monoisotopic (exact) mass is 349 g/mol. The molecule has 1 aromatic heterocycles. The standard InChI is InChI=1S/C19H19N5O2/c20-10-17-18(11-21)24(14-22-17)12-19(25)23-8-6-16(7-9-23)26-13-15-4-2-1-3-5-15/h1-5,14,16H,6-9,12-13H2. The fourth-order valence-corrected chi connectivity index (χ4v) is 3.01. The van der Waals surface area contributed by atoms with Gasteiger partial charge in [0.25, 0.3) is 0 Å². The molecule has 7 heteroatoms. The number of piperidine rings is 1. The lowest BCUT2D eigenvalue weighted by molar-refractivity contribution is -0.134. The molecule has 0 spiro atoms. The molecule has 132 valence electrons. The third-order valence-electron chi connectivity index (χ3n) is 4.48. The summed E-state index contributed by atoms with van der Waals surface area (Å²) >= 11 is 0. The van der Waals surface area contributed by atoms with Gasteiger partial charge in [0.1, 0.15) is 18.7 Å². The first-order valence-corrected chi connectivity index (χ1v) is 8.50. The Morgan fingerprint density at radius 1 is 1.19 bits per heavy atom. The highest BCUT2D eigenvalue weighted by Gasteiger charge is 2.24. The van der Waals surface area contributed by atoms with Crippen LogP contribution in [0, 0.1) is 22.7 Å². The van der Waals surface area contributed by atoms with Gasteiger partial charge in [-0.15, -0.1) is 0 Å². The van der Waals surface area contributed by atoms with Gasteiger partial charge < -0.3 is 14.2 Å². The zero-order valence-electron chi connectivity index (χ0n) is 14.3. The van der Waals surface area contributed by atoms with Crippen molar-refractivity contribution in [1.82, 2.24) is 14.5 Å². The summed E-state index contributed by atoms with van der Waals surface area (Å²) in [5.74, 6) is -0.0788. The third-order valence-corrected chi connectivity index (χ3v) is 4.48. The van der Waals surface area contributed by atoms with Crippen molar-refractivity contribution in [2.45, 2.75) is 32.1 Å². The Kier molecular flexibility index (Phi) is 5.62. The summed E-state index contributed by atoms with van der Waals surface area (Å²) in [6.45, 7) is 1.85. The molecule has 0 unspecified atom stereocenters. The number of nitrogens with zero attached hydrogens (tertiary/aromatic N) is 5. The number of rotatable bonds is 5. The molecule has 2 aromatic rings. The second kappa shape index (κ2) is 8.28. The molecule has 7 nitrogen and oxygen atoms in total. The van der Waals surface area contributed by atoms with Crippen LogP contribution in [-0.2, 0) is 22.7 Å². The summed E-state index contributed by atoms with van der Waals surface area (Å²) in [6, 6.07) is 13.8. The van der Waals surface area contributed by atoms with Crippen molar-refractivity contribution >= 4 is 5.91 Å². The van der Waals surface area contributed by atoms with E-state index in [9.17, 15) is 4.79 Å². The smallest absolute Gasteiger partial charge is 0.242 e. The number of carbonyl (C=O) groups is 1. The van der Waals surface area contributed by atoms with E-state index >= 15 is 0 Å². The van der Waals surface area contributed by atoms with Crippen LogP contribution < -0.4 is 0 Å². The van der Waals surface area contributed by atoms with Crippen molar-refractivity contribution in [3.8, 4) is 12.1 Å². The van der Waals surface area contributed by atoms with E-state index in [4.69, 9.17) is 15.3 Å². The number of nitriles is 2. The van der Waals surface area contributed by atoms with E-state index in [1.165, 1.54) is 10.9 Å². The third kappa shape index (κ3) is 4.08. The average Bonchev–Trinajstić information content (AvgIpc) is 3.09. The molecule has 3 rings (SSSR count). The van der Waals surface area contributed by atoms with Gasteiger partial charge in [0, 0.05) is 13.1 Å². The van der Waals surface area contributed by atoms with Crippen LogP contribution in [0.25, 0.3) is 0 Å². The number of ether oxygens (including phenoxy) is 1. The Labute approximate surface area is 152 Å². The van der Waals surface area contributed by atoms with E-state index in [-0.39, 0.29) is 29.9 Å². The molecule has 0 saturated carbocycles. The maximum atomic E-state index is 12.5. The fourth-order valence-electron chi connectivity index (χ4n) is 3.01. The van der Waals surface area contributed by atoms with Crippen molar-refractivity contribution in [1.29, 1.82) is 10.5 Å². The quantitative estimate of drug-likeness (QED) is 0.821. The SMILES string of the molecule is N#Cc1ncn(CC(=O)N2CCC(OCc3ccccc3)CC2)c1C#N. The number of benzene rings is 1. The van der Waals surface area contributed by atoms with Gasteiger partial charge in [-0.25, -0.2) is 4.98 Å². The molecule has 1 aliphatic heterocycles. The minimum absolute atomic E-state index is 0.0209. The Morgan fingerprint density at radius 2 is 1.92 bits per heavy atom. The van der Waals surface area contributed by atoms with Gasteiger partial charge in [0.05, 0.1) is 19.0 Å². The average molecular weight is 349 g/mol. The molecule has 0 bridgehead atoms. The van der Waals surface area contributed by atoms with Crippen LogP contribution in [0.3, 0.4) is 0 Å². The first-order valence-electron chi connectivity index (χ1n) is 8.50.